The number of amides is 1. The lowest BCUT2D eigenvalue weighted by atomic mass is 10.0. The van der Waals surface area contributed by atoms with Crippen LogP contribution in [0.3, 0.4) is 0 Å². The van der Waals surface area contributed by atoms with E-state index >= 15 is 0 Å². The van der Waals surface area contributed by atoms with Crippen LogP contribution in [0.5, 0.6) is 17.2 Å². The Morgan fingerprint density at radius 1 is 0.905 bits per heavy atom. The van der Waals surface area contributed by atoms with Crippen LogP contribution in [0.1, 0.15) is 22.3 Å². The first-order valence-electron chi connectivity index (χ1n) is 12.8. The number of carbonyl (C=O) groups excluding carboxylic acids is 1. The molecule has 0 atom stereocenters. The topological polar surface area (TPSA) is 103 Å². The molecular weight excluding hydrogens is 551 g/mol. The highest BCUT2D eigenvalue weighted by atomic mass is 19.4. The number of carbonyl (C=O) groups is 2. The largest absolute Gasteiger partial charge is 0.573 e. The van der Waals surface area contributed by atoms with E-state index in [1.807, 2.05) is 37.3 Å². The average molecular weight is 576 g/mol. The van der Waals surface area contributed by atoms with Crippen molar-refractivity contribution in [3.05, 3.63) is 102 Å². The van der Waals surface area contributed by atoms with Gasteiger partial charge >= 0.3 is 12.3 Å². The molecule has 1 aromatic heterocycles. The standard InChI is InChI=1S/C31H24F3N3O5/c1-19-2-3-22-17-23(5-4-21(22)16-19)29-27(18-36-37(29)24-8-12-26(13-9-24)42-31(32,33)34)41-25-10-6-20(7-11-25)30(40)35-15-14-28(38)39/h2-13,16-18H,14-15H2,1H3,(H,35,40)(H,38,39). The second kappa shape index (κ2) is 11.7. The van der Waals surface area contributed by atoms with Gasteiger partial charge in [-0.3, -0.25) is 9.59 Å². The zero-order chi connectivity index (χ0) is 29.9. The lowest BCUT2D eigenvalue weighted by Gasteiger charge is -2.13. The first-order valence-corrected chi connectivity index (χ1v) is 12.8. The van der Waals surface area contributed by atoms with Gasteiger partial charge < -0.3 is 19.9 Å². The smallest absolute Gasteiger partial charge is 0.481 e. The number of aryl methyl sites for hydroxylation is 1. The molecule has 0 aliphatic heterocycles. The second-order valence-electron chi connectivity index (χ2n) is 9.40. The maximum atomic E-state index is 12.7. The molecule has 1 amide bonds. The predicted octanol–water partition coefficient (Wildman–Crippen LogP) is 6.90. The van der Waals surface area contributed by atoms with Crippen molar-refractivity contribution in [3.63, 3.8) is 0 Å². The number of hydrogen-bond acceptors (Lipinski definition) is 5. The predicted molar refractivity (Wildman–Crippen MR) is 149 cm³/mol. The molecule has 42 heavy (non-hydrogen) atoms. The molecule has 1 heterocycles. The normalized spacial score (nSPS) is 11.3. The number of nitrogens with zero attached hydrogens (tertiary/aromatic N) is 2. The Hall–Kier alpha value is -5.32. The van der Waals surface area contributed by atoms with Crippen LogP contribution >= 0.6 is 0 Å². The van der Waals surface area contributed by atoms with E-state index in [0.717, 1.165) is 21.9 Å². The van der Waals surface area contributed by atoms with Crippen LogP contribution < -0.4 is 14.8 Å². The summed E-state index contributed by atoms with van der Waals surface area (Å²) in [5, 5.41) is 17.8. The van der Waals surface area contributed by atoms with E-state index in [4.69, 9.17) is 9.84 Å². The van der Waals surface area contributed by atoms with Gasteiger partial charge in [0.2, 0.25) is 0 Å². The fraction of sp³-hybridized carbons (Fsp3) is 0.129. The van der Waals surface area contributed by atoms with Crippen molar-refractivity contribution in [1.29, 1.82) is 0 Å². The SMILES string of the molecule is Cc1ccc2cc(-c3c(Oc4ccc(C(=O)NCCC(=O)O)cc4)cnn3-c3ccc(OC(F)(F)F)cc3)ccc2c1. The minimum atomic E-state index is -4.81. The molecule has 4 aromatic carbocycles. The maximum absolute atomic E-state index is 12.7. The third-order valence-electron chi connectivity index (χ3n) is 6.29. The van der Waals surface area contributed by atoms with Crippen LogP contribution in [0.15, 0.2) is 91.1 Å². The number of carboxylic acid groups (broad SMARTS) is 1. The monoisotopic (exact) mass is 575 g/mol. The number of ether oxygens (including phenoxy) is 2. The van der Waals surface area contributed by atoms with E-state index in [-0.39, 0.29) is 18.7 Å². The summed E-state index contributed by atoms with van der Waals surface area (Å²) in [4.78, 5) is 23.0. The number of hydrogen-bond donors (Lipinski definition) is 2. The van der Waals surface area contributed by atoms with Crippen LogP contribution in [0.25, 0.3) is 27.7 Å². The molecule has 5 aromatic rings. The number of fused-ring (bicyclic) bond motifs is 1. The van der Waals surface area contributed by atoms with E-state index in [0.29, 0.717) is 28.4 Å². The van der Waals surface area contributed by atoms with Gasteiger partial charge in [-0.2, -0.15) is 5.10 Å². The first-order chi connectivity index (χ1) is 20.1. The highest BCUT2D eigenvalue weighted by Crippen LogP contribution is 2.37. The summed E-state index contributed by atoms with van der Waals surface area (Å²) in [5.41, 5.74) is 3.23. The fourth-order valence-electron chi connectivity index (χ4n) is 4.36. The van der Waals surface area contributed by atoms with Crippen LogP contribution in [0.2, 0.25) is 0 Å². The Labute approximate surface area is 237 Å². The number of aromatic nitrogens is 2. The van der Waals surface area contributed by atoms with Crippen LogP contribution in [-0.4, -0.2) is 39.7 Å². The van der Waals surface area contributed by atoms with Gasteiger partial charge in [-0.1, -0.05) is 35.9 Å². The number of benzene rings is 4. The molecule has 8 nitrogen and oxygen atoms in total. The van der Waals surface area contributed by atoms with Gasteiger partial charge in [0.25, 0.3) is 5.91 Å². The van der Waals surface area contributed by atoms with Crippen molar-refractivity contribution in [1.82, 2.24) is 15.1 Å². The van der Waals surface area contributed by atoms with Gasteiger partial charge in [-0.15, -0.1) is 13.2 Å². The molecule has 0 radical (unpaired) electrons. The third kappa shape index (κ3) is 6.69. The lowest BCUT2D eigenvalue weighted by molar-refractivity contribution is -0.274. The minimum absolute atomic E-state index is 0.00357. The summed E-state index contributed by atoms with van der Waals surface area (Å²) in [7, 11) is 0. The van der Waals surface area contributed by atoms with Crippen molar-refractivity contribution in [2.45, 2.75) is 19.7 Å². The molecule has 0 fully saturated rings. The highest BCUT2D eigenvalue weighted by Gasteiger charge is 2.31. The Balaban J connectivity index is 1.48. The molecule has 0 saturated heterocycles. The number of aliphatic carboxylic acids is 1. The van der Waals surface area contributed by atoms with E-state index in [9.17, 15) is 22.8 Å². The molecule has 0 aliphatic rings. The third-order valence-corrected chi connectivity index (χ3v) is 6.29. The lowest BCUT2D eigenvalue weighted by Crippen LogP contribution is -2.25. The quantitative estimate of drug-likeness (QED) is 0.198. The maximum Gasteiger partial charge on any atom is 0.573 e. The van der Waals surface area contributed by atoms with Crippen molar-refractivity contribution in [2.24, 2.45) is 0 Å². The van der Waals surface area contributed by atoms with Crippen molar-refractivity contribution < 1.29 is 37.3 Å². The highest BCUT2D eigenvalue weighted by molar-refractivity contribution is 5.94. The van der Waals surface area contributed by atoms with Gasteiger partial charge in [0.1, 0.15) is 17.2 Å². The van der Waals surface area contributed by atoms with Crippen LogP contribution in [-0.2, 0) is 4.79 Å². The molecular formula is C31H24F3N3O5. The van der Waals surface area contributed by atoms with Gasteiger partial charge in [0, 0.05) is 17.7 Å². The molecule has 214 valence electrons. The summed E-state index contributed by atoms with van der Waals surface area (Å²) in [6.45, 7) is 2.01. The average Bonchev–Trinajstić information content (AvgIpc) is 3.35. The van der Waals surface area contributed by atoms with Crippen molar-refractivity contribution in [2.75, 3.05) is 6.54 Å². The van der Waals surface area contributed by atoms with Crippen LogP contribution in [0, 0.1) is 6.92 Å². The minimum Gasteiger partial charge on any atom is -0.481 e. The first kappa shape index (κ1) is 28.2. The summed E-state index contributed by atoms with van der Waals surface area (Å²) in [6.07, 6.45) is -3.50. The molecule has 0 bridgehead atoms. The van der Waals surface area contributed by atoms with E-state index in [2.05, 4.69) is 21.2 Å². The molecule has 2 N–H and O–H groups in total. The van der Waals surface area contributed by atoms with Crippen molar-refractivity contribution >= 4 is 22.6 Å². The van der Waals surface area contributed by atoms with E-state index < -0.39 is 18.2 Å². The molecule has 0 aliphatic carbocycles. The Morgan fingerprint density at radius 2 is 1.57 bits per heavy atom. The summed E-state index contributed by atoms with van der Waals surface area (Å²) < 4.78 is 49.7. The molecule has 0 spiro atoms. The zero-order valence-electron chi connectivity index (χ0n) is 22.2. The van der Waals surface area contributed by atoms with Crippen LogP contribution in [0.4, 0.5) is 13.2 Å². The molecule has 11 heteroatoms. The van der Waals surface area contributed by atoms with Gasteiger partial charge in [0.15, 0.2) is 5.75 Å². The summed E-state index contributed by atoms with van der Waals surface area (Å²) in [5.74, 6) is -1.01. The number of rotatable bonds is 9. The summed E-state index contributed by atoms with van der Waals surface area (Å²) >= 11 is 0. The van der Waals surface area contributed by atoms with Gasteiger partial charge in [-0.05, 0) is 72.3 Å². The molecule has 5 rings (SSSR count). The Morgan fingerprint density at radius 3 is 2.26 bits per heavy atom. The zero-order valence-corrected chi connectivity index (χ0v) is 22.2. The number of halogens is 3. The van der Waals surface area contributed by atoms with Gasteiger partial charge in [-0.25, -0.2) is 4.68 Å². The number of alkyl halides is 3. The van der Waals surface area contributed by atoms with Gasteiger partial charge in [0.05, 0.1) is 18.3 Å². The fourth-order valence-corrected chi connectivity index (χ4v) is 4.36. The summed E-state index contributed by atoms with van der Waals surface area (Å²) in [6, 6.07) is 23.5. The van der Waals surface area contributed by atoms with E-state index in [1.165, 1.54) is 30.5 Å². The molecule has 0 unspecified atom stereocenters. The number of nitrogens with one attached hydrogen (secondary N) is 1. The second-order valence-corrected chi connectivity index (χ2v) is 9.40. The molecule has 0 saturated carbocycles. The Bertz CT molecular complexity index is 1750. The number of carboxylic acids is 1. The van der Waals surface area contributed by atoms with Crippen molar-refractivity contribution in [3.8, 4) is 34.2 Å². The van der Waals surface area contributed by atoms with E-state index in [1.54, 1.807) is 28.9 Å². The Kier molecular flexibility index (Phi) is 7.83.